The summed E-state index contributed by atoms with van der Waals surface area (Å²) in [5, 5.41) is 14.6. The maximum Gasteiger partial charge on any atom is 0.101 e. The van der Waals surface area contributed by atoms with Crippen molar-refractivity contribution in [1.29, 1.82) is 0 Å². The van der Waals surface area contributed by atoms with Crippen molar-refractivity contribution in [3.05, 3.63) is 63.0 Å². The maximum atomic E-state index is 10.4. The molecule has 1 unspecified atom stereocenters. The van der Waals surface area contributed by atoms with Gasteiger partial charge in [-0.3, -0.25) is 4.98 Å². The fraction of sp³-hybridized carbons (Fsp3) is 0.133. The predicted molar refractivity (Wildman–Crippen MR) is 82.4 cm³/mol. The molecule has 1 N–H and O–H groups in total. The molecule has 0 saturated heterocycles. The molecule has 0 aliphatic heterocycles. The average Bonchev–Trinajstić information content (AvgIpc) is 2.83. The number of aliphatic hydroxyl groups is 1. The van der Waals surface area contributed by atoms with E-state index in [1.54, 1.807) is 17.5 Å². The molecular weight excluding hydrogens is 322 g/mol. The van der Waals surface area contributed by atoms with Crippen LogP contribution in [0.15, 0.2) is 52.4 Å². The lowest BCUT2D eigenvalue weighted by Crippen LogP contribution is -2.03. The Labute approximate surface area is 123 Å². The van der Waals surface area contributed by atoms with Gasteiger partial charge in [-0.2, -0.15) is 0 Å². The zero-order valence-corrected chi connectivity index (χ0v) is 12.5. The molecule has 19 heavy (non-hydrogen) atoms. The maximum absolute atomic E-state index is 10.4. The summed E-state index contributed by atoms with van der Waals surface area (Å²) in [6, 6.07) is 12.0. The summed E-state index contributed by atoms with van der Waals surface area (Å²) in [6.07, 6.45) is 1.78. The summed E-state index contributed by atoms with van der Waals surface area (Å²) in [7, 11) is 0. The molecule has 0 saturated carbocycles. The number of thiophene rings is 1. The van der Waals surface area contributed by atoms with Gasteiger partial charge in [0.2, 0.25) is 0 Å². The van der Waals surface area contributed by atoms with Crippen LogP contribution in [0.4, 0.5) is 0 Å². The van der Waals surface area contributed by atoms with Gasteiger partial charge in [0.25, 0.3) is 0 Å². The first-order valence-corrected chi connectivity index (χ1v) is 7.66. The average molecular weight is 334 g/mol. The molecule has 0 aliphatic rings. The Morgan fingerprint density at radius 3 is 2.89 bits per heavy atom. The third kappa shape index (κ3) is 2.71. The smallest absolute Gasteiger partial charge is 0.101 e. The number of aromatic nitrogens is 1. The van der Waals surface area contributed by atoms with Gasteiger partial charge in [-0.25, -0.2) is 0 Å². The molecule has 0 aliphatic carbocycles. The lowest BCUT2D eigenvalue weighted by atomic mass is 10.0. The first-order chi connectivity index (χ1) is 9.24. The monoisotopic (exact) mass is 333 g/mol. The highest BCUT2D eigenvalue weighted by Crippen LogP contribution is 2.28. The third-order valence-electron chi connectivity index (χ3n) is 3.04. The Morgan fingerprint density at radius 1 is 1.26 bits per heavy atom. The predicted octanol–water partition coefficient (Wildman–Crippen LogP) is 4.33. The largest absolute Gasteiger partial charge is 0.386 e. The molecule has 2 heterocycles. The van der Waals surface area contributed by atoms with E-state index in [1.807, 2.05) is 41.8 Å². The Morgan fingerprint density at radius 2 is 2.11 bits per heavy atom. The lowest BCUT2D eigenvalue weighted by Gasteiger charge is -2.11. The van der Waals surface area contributed by atoms with Gasteiger partial charge in [0.05, 0.1) is 5.69 Å². The van der Waals surface area contributed by atoms with Crippen LogP contribution >= 0.6 is 27.3 Å². The SMILES string of the molecule is OC(Cc1cc(Br)cs1)c1nccc2ccccc12. The second-order valence-electron chi connectivity index (χ2n) is 4.37. The molecule has 1 aromatic carbocycles. The van der Waals surface area contributed by atoms with Gasteiger partial charge in [-0.15, -0.1) is 11.3 Å². The zero-order chi connectivity index (χ0) is 13.2. The number of benzene rings is 1. The van der Waals surface area contributed by atoms with Crippen LogP contribution in [-0.2, 0) is 6.42 Å². The molecule has 0 amide bonds. The molecule has 3 aromatic rings. The highest BCUT2D eigenvalue weighted by Gasteiger charge is 2.14. The van der Waals surface area contributed by atoms with E-state index in [9.17, 15) is 5.11 Å². The summed E-state index contributed by atoms with van der Waals surface area (Å²) < 4.78 is 1.06. The summed E-state index contributed by atoms with van der Waals surface area (Å²) in [5.41, 5.74) is 0.752. The number of hydrogen-bond donors (Lipinski definition) is 1. The Bertz CT molecular complexity index is 705. The summed E-state index contributed by atoms with van der Waals surface area (Å²) in [5.74, 6) is 0. The lowest BCUT2D eigenvalue weighted by molar-refractivity contribution is 0.176. The highest BCUT2D eigenvalue weighted by molar-refractivity contribution is 9.10. The summed E-state index contributed by atoms with van der Waals surface area (Å²) >= 11 is 5.07. The normalized spacial score (nSPS) is 12.7. The van der Waals surface area contributed by atoms with Crippen LogP contribution in [0.25, 0.3) is 10.8 Å². The van der Waals surface area contributed by atoms with E-state index in [1.165, 1.54) is 0 Å². The molecule has 4 heteroatoms. The Kier molecular flexibility index (Phi) is 3.64. The second kappa shape index (κ2) is 5.41. The Hall–Kier alpha value is -1.23. The van der Waals surface area contributed by atoms with Gasteiger partial charge in [-0.1, -0.05) is 24.3 Å². The minimum Gasteiger partial charge on any atom is -0.386 e. The molecular formula is C15H12BrNOS. The van der Waals surface area contributed by atoms with Crippen molar-refractivity contribution in [2.75, 3.05) is 0 Å². The molecule has 0 bridgehead atoms. The summed E-state index contributed by atoms with van der Waals surface area (Å²) in [4.78, 5) is 5.50. The minimum absolute atomic E-state index is 0.573. The topological polar surface area (TPSA) is 33.1 Å². The summed E-state index contributed by atoms with van der Waals surface area (Å²) in [6.45, 7) is 0. The second-order valence-corrected chi connectivity index (χ2v) is 6.28. The van der Waals surface area contributed by atoms with Crippen molar-refractivity contribution in [3.63, 3.8) is 0 Å². The van der Waals surface area contributed by atoms with Crippen LogP contribution in [0.3, 0.4) is 0 Å². The number of pyridine rings is 1. The highest BCUT2D eigenvalue weighted by atomic mass is 79.9. The molecule has 0 radical (unpaired) electrons. The van der Waals surface area contributed by atoms with Gasteiger partial charge >= 0.3 is 0 Å². The number of aliphatic hydroxyl groups excluding tert-OH is 1. The van der Waals surface area contributed by atoms with Crippen molar-refractivity contribution < 1.29 is 5.11 Å². The number of nitrogens with zero attached hydrogens (tertiary/aromatic N) is 1. The molecule has 96 valence electrons. The third-order valence-corrected chi connectivity index (χ3v) is 4.76. The van der Waals surface area contributed by atoms with E-state index in [-0.39, 0.29) is 0 Å². The van der Waals surface area contributed by atoms with Gasteiger partial charge in [0.1, 0.15) is 6.10 Å². The van der Waals surface area contributed by atoms with Crippen LogP contribution in [-0.4, -0.2) is 10.1 Å². The molecule has 0 spiro atoms. The fourth-order valence-electron chi connectivity index (χ4n) is 2.16. The molecule has 3 rings (SSSR count). The number of hydrogen-bond acceptors (Lipinski definition) is 3. The van der Waals surface area contributed by atoms with Crippen LogP contribution < -0.4 is 0 Å². The van der Waals surface area contributed by atoms with Crippen molar-refractivity contribution in [2.45, 2.75) is 12.5 Å². The number of rotatable bonds is 3. The van der Waals surface area contributed by atoms with Crippen molar-refractivity contribution in [1.82, 2.24) is 4.98 Å². The van der Waals surface area contributed by atoms with Gasteiger partial charge in [0.15, 0.2) is 0 Å². The van der Waals surface area contributed by atoms with E-state index in [4.69, 9.17) is 0 Å². The van der Waals surface area contributed by atoms with E-state index < -0.39 is 6.10 Å². The first kappa shape index (κ1) is 12.8. The van der Waals surface area contributed by atoms with E-state index in [2.05, 4.69) is 20.9 Å². The Balaban J connectivity index is 1.95. The molecule has 2 aromatic heterocycles. The number of halogens is 1. The first-order valence-electron chi connectivity index (χ1n) is 5.98. The minimum atomic E-state index is -0.573. The van der Waals surface area contributed by atoms with Crippen LogP contribution in [0.1, 0.15) is 16.7 Å². The van der Waals surface area contributed by atoms with Crippen molar-refractivity contribution >= 4 is 38.0 Å². The fourth-order valence-corrected chi connectivity index (χ4v) is 3.65. The van der Waals surface area contributed by atoms with Crippen LogP contribution in [0, 0.1) is 0 Å². The van der Waals surface area contributed by atoms with Crippen molar-refractivity contribution in [2.24, 2.45) is 0 Å². The van der Waals surface area contributed by atoms with Gasteiger partial charge in [-0.05, 0) is 33.4 Å². The van der Waals surface area contributed by atoms with Crippen molar-refractivity contribution in [3.8, 4) is 0 Å². The molecule has 1 atom stereocenters. The van der Waals surface area contributed by atoms with Crippen LogP contribution in [0.2, 0.25) is 0 Å². The zero-order valence-electron chi connectivity index (χ0n) is 10.1. The quantitative estimate of drug-likeness (QED) is 0.773. The van der Waals surface area contributed by atoms with Crippen LogP contribution in [0.5, 0.6) is 0 Å². The number of fused-ring (bicyclic) bond motifs is 1. The molecule has 0 fully saturated rings. The van der Waals surface area contributed by atoms with E-state index in [0.717, 1.165) is 25.8 Å². The van der Waals surface area contributed by atoms with Gasteiger partial charge < -0.3 is 5.11 Å². The molecule has 2 nitrogen and oxygen atoms in total. The van der Waals surface area contributed by atoms with E-state index in [0.29, 0.717) is 6.42 Å². The standard InChI is InChI=1S/C15H12BrNOS/c16-11-7-12(19-9-11)8-14(18)15-13-4-2-1-3-10(13)5-6-17-15/h1-7,9,14,18H,8H2. The van der Waals surface area contributed by atoms with Gasteiger partial charge in [0, 0.05) is 32.7 Å². The van der Waals surface area contributed by atoms with E-state index >= 15 is 0 Å².